The van der Waals surface area contributed by atoms with E-state index in [1.165, 1.54) is 11.5 Å². The molecule has 25 heavy (non-hydrogen) atoms. The molecule has 0 saturated heterocycles. The molecule has 5 nitrogen and oxygen atoms in total. The van der Waals surface area contributed by atoms with Crippen LogP contribution in [0.2, 0.25) is 0 Å². The molecule has 0 radical (unpaired) electrons. The zero-order valence-corrected chi connectivity index (χ0v) is 15.8. The predicted molar refractivity (Wildman–Crippen MR) is 103 cm³/mol. The first kappa shape index (κ1) is 17.5. The zero-order valence-electron chi connectivity index (χ0n) is 15.0. The van der Waals surface area contributed by atoms with E-state index in [2.05, 4.69) is 10.5 Å². The Bertz CT molecular complexity index is 887. The molecule has 2 heterocycles. The third kappa shape index (κ3) is 3.54. The van der Waals surface area contributed by atoms with E-state index < -0.39 is 0 Å². The van der Waals surface area contributed by atoms with Crippen LogP contribution in [0, 0.1) is 13.8 Å². The summed E-state index contributed by atoms with van der Waals surface area (Å²) >= 11 is 1.51. The van der Waals surface area contributed by atoms with Crippen molar-refractivity contribution >= 4 is 17.2 Å². The maximum absolute atomic E-state index is 12.8. The van der Waals surface area contributed by atoms with Crippen LogP contribution in [-0.4, -0.2) is 15.7 Å². The summed E-state index contributed by atoms with van der Waals surface area (Å²) in [6, 6.07) is 10.2. The van der Waals surface area contributed by atoms with Gasteiger partial charge in [-0.3, -0.25) is 8.75 Å². The smallest absolute Gasteiger partial charge is 0.284 e. The fourth-order valence-corrected chi connectivity index (χ4v) is 3.92. The summed E-state index contributed by atoms with van der Waals surface area (Å²) in [6.45, 7) is 8.58. The van der Waals surface area contributed by atoms with Gasteiger partial charge >= 0.3 is 0 Å². The molecule has 2 aromatic heterocycles. The van der Waals surface area contributed by atoms with Crippen molar-refractivity contribution in [2.75, 3.05) is 11.9 Å². The highest BCUT2D eigenvalue weighted by molar-refractivity contribution is 7.11. The van der Waals surface area contributed by atoms with Gasteiger partial charge in [0.1, 0.15) is 11.4 Å². The average molecular weight is 357 g/mol. The lowest BCUT2D eigenvalue weighted by Crippen LogP contribution is -2.19. The Morgan fingerprint density at radius 1 is 1.24 bits per heavy atom. The molecule has 3 aromatic rings. The number of benzene rings is 1. The third-order valence-electron chi connectivity index (χ3n) is 4.19. The summed E-state index contributed by atoms with van der Waals surface area (Å²) in [7, 11) is 0. The van der Waals surface area contributed by atoms with Crippen molar-refractivity contribution < 1.29 is 4.52 Å². The normalized spacial score (nSPS) is 11.2. The van der Waals surface area contributed by atoms with Gasteiger partial charge in [-0.25, -0.2) is 0 Å². The molecule has 132 valence electrons. The lowest BCUT2D eigenvalue weighted by atomic mass is 10.1. The topological polar surface area (TPSA) is 60.1 Å². The standard InChI is InChI=1S/C19H23N3O2S/c1-12(2)22-19(23)17(18(25-22)15-8-6-5-7-9-15)20-11-10-16-13(3)21-24-14(16)4/h5-9,12,20H,10-11H2,1-4H3. The van der Waals surface area contributed by atoms with Gasteiger partial charge in [0.2, 0.25) is 0 Å². The van der Waals surface area contributed by atoms with Crippen molar-refractivity contribution in [3.63, 3.8) is 0 Å². The summed E-state index contributed by atoms with van der Waals surface area (Å²) in [5, 5.41) is 7.34. The van der Waals surface area contributed by atoms with E-state index in [9.17, 15) is 4.79 Å². The monoisotopic (exact) mass is 357 g/mol. The van der Waals surface area contributed by atoms with E-state index >= 15 is 0 Å². The van der Waals surface area contributed by atoms with Crippen molar-refractivity contribution in [2.45, 2.75) is 40.2 Å². The van der Waals surface area contributed by atoms with E-state index in [-0.39, 0.29) is 11.6 Å². The van der Waals surface area contributed by atoms with E-state index in [1.54, 1.807) is 0 Å². The number of aryl methyl sites for hydroxylation is 2. The van der Waals surface area contributed by atoms with Crippen LogP contribution in [0.1, 0.15) is 36.9 Å². The lowest BCUT2D eigenvalue weighted by molar-refractivity contribution is 0.392. The minimum absolute atomic E-state index is 0.0395. The van der Waals surface area contributed by atoms with Crippen molar-refractivity contribution in [1.29, 1.82) is 0 Å². The minimum atomic E-state index is 0.0395. The van der Waals surface area contributed by atoms with Gasteiger partial charge in [0.05, 0.1) is 10.6 Å². The SMILES string of the molecule is Cc1noc(C)c1CCNc1c(-c2ccccc2)sn(C(C)C)c1=O. The molecule has 0 atom stereocenters. The average Bonchev–Trinajstić information content (AvgIpc) is 3.10. The Hall–Kier alpha value is -2.34. The van der Waals surface area contributed by atoms with Gasteiger partial charge in [-0.05, 0) is 39.7 Å². The first-order valence-corrected chi connectivity index (χ1v) is 9.23. The van der Waals surface area contributed by atoms with Crippen LogP contribution >= 0.6 is 11.5 Å². The van der Waals surface area contributed by atoms with Crippen molar-refractivity contribution in [2.24, 2.45) is 0 Å². The van der Waals surface area contributed by atoms with Crippen LogP contribution in [-0.2, 0) is 6.42 Å². The predicted octanol–water partition coefficient (Wildman–Crippen LogP) is 4.42. The molecule has 1 N–H and O–H groups in total. The quantitative estimate of drug-likeness (QED) is 0.709. The minimum Gasteiger partial charge on any atom is -0.379 e. The van der Waals surface area contributed by atoms with Crippen LogP contribution in [0.4, 0.5) is 5.69 Å². The van der Waals surface area contributed by atoms with Crippen molar-refractivity contribution in [3.05, 3.63) is 57.7 Å². The van der Waals surface area contributed by atoms with Crippen LogP contribution in [0.5, 0.6) is 0 Å². The summed E-state index contributed by atoms with van der Waals surface area (Å²) < 4.78 is 7.03. The van der Waals surface area contributed by atoms with E-state index in [0.29, 0.717) is 12.2 Å². The summed E-state index contributed by atoms with van der Waals surface area (Å²) in [5.41, 5.74) is 3.79. The first-order valence-electron chi connectivity index (χ1n) is 8.46. The summed E-state index contributed by atoms with van der Waals surface area (Å²) in [4.78, 5) is 13.8. The number of hydrogen-bond acceptors (Lipinski definition) is 5. The Morgan fingerprint density at radius 3 is 2.56 bits per heavy atom. The highest BCUT2D eigenvalue weighted by Gasteiger charge is 2.18. The fraction of sp³-hybridized carbons (Fsp3) is 0.368. The molecule has 6 heteroatoms. The van der Waals surface area contributed by atoms with Gasteiger partial charge in [-0.1, -0.05) is 47.0 Å². The number of anilines is 1. The molecular weight excluding hydrogens is 334 g/mol. The van der Waals surface area contributed by atoms with Crippen molar-refractivity contribution in [1.82, 2.24) is 9.11 Å². The van der Waals surface area contributed by atoms with Crippen LogP contribution in [0.25, 0.3) is 10.4 Å². The number of rotatable bonds is 6. The molecule has 0 bridgehead atoms. The van der Waals surface area contributed by atoms with Gasteiger partial charge in [0.25, 0.3) is 5.56 Å². The summed E-state index contributed by atoms with van der Waals surface area (Å²) in [6.07, 6.45) is 0.770. The number of hydrogen-bond donors (Lipinski definition) is 1. The largest absolute Gasteiger partial charge is 0.379 e. The van der Waals surface area contributed by atoms with Gasteiger partial charge in [0.15, 0.2) is 0 Å². The molecule has 0 spiro atoms. The lowest BCUT2D eigenvalue weighted by Gasteiger charge is -2.06. The second-order valence-electron chi connectivity index (χ2n) is 6.37. The molecule has 0 unspecified atom stereocenters. The van der Waals surface area contributed by atoms with Gasteiger partial charge in [-0.2, -0.15) is 0 Å². The Morgan fingerprint density at radius 2 is 1.96 bits per heavy atom. The van der Waals surface area contributed by atoms with Crippen LogP contribution < -0.4 is 10.9 Å². The first-order chi connectivity index (χ1) is 12.0. The van der Waals surface area contributed by atoms with Crippen LogP contribution in [0.3, 0.4) is 0 Å². The van der Waals surface area contributed by atoms with E-state index in [0.717, 1.165) is 33.9 Å². The zero-order chi connectivity index (χ0) is 18.0. The fourth-order valence-electron chi connectivity index (χ4n) is 2.85. The number of aromatic nitrogens is 2. The van der Waals surface area contributed by atoms with Gasteiger partial charge < -0.3 is 9.84 Å². The molecule has 0 amide bonds. The summed E-state index contributed by atoms with van der Waals surface area (Å²) in [5.74, 6) is 0.840. The molecule has 1 aromatic carbocycles. The Kier molecular flexibility index (Phi) is 5.08. The highest BCUT2D eigenvalue weighted by Crippen LogP contribution is 2.31. The van der Waals surface area contributed by atoms with E-state index in [4.69, 9.17) is 4.52 Å². The second-order valence-corrected chi connectivity index (χ2v) is 7.35. The molecule has 0 saturated carbocycles. The molecule has 0 aliphatic carbocycles. The molecular formula is C19H23N3O2S. The molecule has 0 aliphatic rings. The Labute approximate surface area is 151 Å². The molecule has 0 fully saturated rings. The van der Waals surface area contributed by atoms with Gasteiger partial charge in [0, 0.05) is 18.2 Å². The van der Waals surface area contributed by atoms with Crippen molar-refractivity contribution in [3.8, 4) is 10.4 Å². The van der Waals surface area contributed by atoms with E-state index in [1.807, 2.05) is 62.0 Å². The molecule has 0 aliphatic heterocycles. The maximum Gasteiger partial charge on any atom is 0.284 e. The molecule has 3 rings (SSSR count). The number of nitrogens with zero attached hydrogens (tertiary/aromatic N) is 2. The second kappa shape index (κ2) is 7.27. The highest BCUT2D eigenvalue weighted by atomic mass is 32.1. The maximum atomic E-state index is 12.8. The van der Waals surface area contributed by atoms with Crippen LogP contribution in [0.15, 0.2) is 39.6 Å². The third-order valence-corrected chi connectivity index (χ3v) is 5.60. The Balaban J connectivity index is 1.88. The van der Waals surface area contributed by atoms with Gasteiger partial charge in [-0.15, -0.1) is 0 Å². The number of nitrogens with one attached hydrogen (secondary N) is 1.